The van der Waals surface area contributed by atoms with Crippen LogP contribution in [0, 0.1) is 12.8 Å². The van der Waals surface area contributed by atoms with Gasteiger partial charge < -0.3 is 5.11 Å². The third-order valence-corrected chi connectivity index (χ3v) is 4.02. The summed E-state index contributed by atoms with van der Waals surface area (Å²) in [4.78, 5) is 4.55. The topological polar surface area (TPSA) is 33.1 Å². The molecule has 1 N–H and O–H groups in total. The normalized spacial score (nSPS) is 22.0. The van der Waals surface area contributed by atoms with Crippen LogP contribution in [0.1, 0.15) is 35.0 Å². The van der Waals surface area contributed by atoms with E-state index in [-0.39, 0.29) is 12.0 Å². The lowest BCUT2D eigenvalue weighted by atomic mass is 9.79. The molecule has 98 valence electrons. The monoisotopic (exact) mass is 253 g/mol. The zero-order chi connectivity index (χ0) is 13.2. The minimum atomic E-state index is -0.354. The van der Waals surface area contributed by atoms with Crippen molar-refractivity contribution < 1.29 is 5.11 Å². The van der Waals surface area contributed by atoms with E-state index in [0.717, 1.165) is 36.2 Å². The Morgan fingerprint density at radius 1 is 1.16 bits per heavy atom. The van der Waals surface area contributed by atoms with Gasteiger partial charge in [-0.05, 0) is 55.4 Å². The molecule has 0 fully saturated rings. The molecule has 0 amide bonds. The number of benzene rings is 1. The lowest BCUT2D eigenvalue weighted by molar-refractivity contribution is 0.0931. The first-order chi connectivity index (χ1) is 9.24. The van der Waals surface area contributed by atoms with Crippen molar-refractivity contribution in [3.63, 3.8) is 0 Å². The Labute approximate surface area is 114 Å². The lowest BCUT2D eigenvalue weighted by Crippen LogP contribution is -2.22. The number of rotatable bonds is 2. The number of fused-ring (bicyclic) bond motifs is 1. The second-order valence-corrected chi connectivity index (χ2v) is 5.42. The Hall–Kier alpha value is -1.67. The van der Waals surface area contributed by atoms with Crippen molar-refractivity contribution in [2.45, 2.75) is 32.3 Å². The van der Waals surface area contributed by atoms with Crippen molar-refractivity contribution in [3.05, 3.63) is 65.0 Å². The maximum atomic E-state index is 10.5. The van der Waals surface area contributed by atoms with Crippen LogP contribution < -0.4 is 0 Å². The molecule has 19 heavy (non-hydrogen) atoms. The summed E-state index contributed by atoms with van der Waals surface area (Å²) in [6.07, 6.45) is 2.60. The molecule has 2 atom stereocenters. The quantitative estimate of drug-likeness (QED) is 0.891. The second-order valence-electron chi connectivity index (χ2n) is 5.42. The van der Waals surface area contributed by atoms with Gasteiger partial charge in [-0.1, -0.05) is 30.3 Å². The van der Waals surface area contributed by atoms with E-state index in [0.29, 0.717) is 0 Å². The zero-order valence-corrected chi connectivity index (χ0v) is 11.2. The summed E-state index contributed by atoms with van der Waals surface area (Å²) >= 11 is 0. The molecule has 3 rings (SSSR count). The molecule has 2 heteroatoms. The van der Waals surface area contributed by atoms with Crippen molar-refractivity contribution in [1.29, 1.82) is 0 Å². The molecule has 0 radical (unpaired) electrons. The summed E-state index contributed by atoms with van der Waals surface area (Å²) in [5.74, 6) is 0.282. The average molecular weight is 253 g/mol. The van der Waals surface area contributed by atoms with E-state index < -0.39 is 0 Å². The number of aliphatic hydroxyl groups is 1. The number of hydrogen-bond acceptors (Lipinski definition) is 2. The molecule has 2 nitrogen and oxygen atoms in total. The van der Waals surface area contributed by atoms with Gasteiger partial charge in [0.25, 0.3) is 0 Å². The number of pyridine rings is 1. The van der Waals surface area contributed by atoms with Crippen LogP contribution in [0.3, 0.4) is 0 Å². The molecule has 1 heterocycles. The molecule has 0 bridgehead atoms. The maximum absolute atomic E-state index is 10.5. The number of hydrogen-bond donors (Lipinski definition) is 1. The van der Waals surface area contributed by atoms with E-state index in [1.807, 2.05) is 31.2 Å². The number of nitrogens with zero attached hydrogens (tertiary/aromatic N) is 1. The molecule has 1 aliphatic carbocycles. The summed E-state index contributed by atoms with van der Waals surface area (Å²) in [6, 6.07) is 14.3. The van der Waals surface area contributed by atoms with Gasteiger partial charge in [-0.25, -0.2) is 0 Å². The first-order valence-electron chi connectivity index (χ1n) is 6.92. The summed E-state index contributed by atoms with van der Waals surface area (Å²) in [5.41, 5.74) is 4.53. The first kappa shape index (κ1) is 12.4. The molecule has 0 saturated heterocycles. The van der Waals surface area contributed by atoms with Gasteiger partial charge in [0.2, 0.25) is 0 Å². The summed E-state index contributed by atoms with van der Waals surface area (Å²) < 4.78 is 0. The van der Waals surface area contributed by atoms with Crippen LogP contribution in [0.4, 0.5) is 0 Å². The minimum Gasteiger partial charge on any atom is -0.388 e. The Kier molecular flexibility index (Phi) is 3.34. The third kappa shape index (κ3) is 2.54. The molecule has 0 spiro atoms. The van der Waals surface area contributed by atoms with E-state index in [4.69, 9.17) is 0 Å². The van der Waals surface area contributed by atoms with Crippen molar-refractivity contribution >= 4 is 0 Å². The Bertz CT molecular complexity index is 579. The second kappa shape index (κ2) is 5.14. The van der Waals surface area contributed by atoms with Gasteiger partial charge in [-0.15, -0.1) is 0 Å². The zero-order valence-electron chi connectivity index (χ0n) is 11.2. The number of aryl methyl sites for hydroxylation is 2. The lowest BCUT2D eigenvalue weighted by Gasteiger charge is -2.30. The molecule has 1 aromatic carbocycles. The first-order valence-corrected chi connectivity index (χ1v) is 6.92. The van der Waals surface area contributed by atoms with Crippen LogP contribution in [0.2, 0.25) is 0 Å². The highest BCUT2D eigenvalue weighted by molar-refractivity contribution is 5.32. The predicted octanol–water partition coefficient (Wildman–Crippen LogP) is 3.23. The Morgan fingerprint density at radius 3 is 2.84 bits per heavy atom. The van der Waals surface area contributed by atoms with Gasteiger partial charge in [0, 0.05) is 11.4 Å². The fourth-order valence-corrected chi connectivity index (χ4v) is 3.00. The van der Waals surface area contributed by atoms with E-state index in [1.165, 1.54) is 5.56 Å². The van der Waals surface area contributed by atoms with Gasteiger partial charge in [0.1, 0.15) is 0 Å². The van der Waals surface area contributed by atoms with Gasteiger partial charge in [0.05, 0.1) is 6.10 Å². The highest BCUT2D eigenvalue weighted by Crippen LogP contribution is 2.35. The molecule has 2 unspecified atom stereocenters. The van der Waals surface area contributed by atoms with Crippen molar-refractivity contribution in [2.75, 3.05) is 0 Å². The fourth-order valence-electron chi connectivity index (χ4n) is 3.00. The molecular weight excluding hydrogens is 234 g/mol. The van der Waals surface area contributed by atoms with Crippen LogP contribution in [0.5, 0.6) is 0 Å². The van der Waals surface area contributed by atoms with E-state index in [9.17, 15) is 5.11 Å². The van der Waals surface area contributed by atoms with Gasteiger partial charge >= 0.3 is 0 Å². The van der Waals surface area contributed by atoms with Crippen LogP contribution in [0.25, 0.3) is 0 Å². The maximum Gasteiger partial charge on any atom is 0.0824 e. The third-order valence-electron chi connectivity index (χ3n) is 4.02. The van der Waals surface area contributed by atoms with Gasteiger partial charge in [0.15, 0.2) is 0 Å². The summed E-state index contributed by atoms with van der Waals surface area (Å²) in [6.45, 7) is 2.01. The molecular formula is C17H19NO. The minimum absolute atomic E-state index is 0.282. The van der Waals surface area contributed by atoms with Crippen molar-refractivity contribution in [3.8, 4) is 0 Å². The Balaban J connectivity index is 1.81. The van der Waals surface area contributed by atoms with Crippen molar-refractivity contribution in [1.82, 2.24) is 4.98 Å². The van der Waals surface area contributed by atoms with Gasteiger partial charge in [-0.2, -0.15) is 0 Å². The SMILES string of the molecule is Cc1cccc(CC2CCc3ccccc3C2O)n1. The number of aromatic nitrogens is 1. The Morgan fingerprint density at radius 2 is 2.00 bits per heavy atom. The smallest absolute Gasteiger partial charge is 0.0824 e. The van der Waals surface area contributed by atoms with Crippen LogP contribution >= 0.6 is 0 Å². The summed E-state index contributed by atoms with van der Waals surface area (Å²) in [7, 11) is 0. The fraction of sp³-hybridized carbons (Fsp3) is 0.353. The van der Waals surface area contributed by atoms with Crippen LogP contribution in [-0.4, -0.2) is 10.1 Å². The van der Waals surface area contributed by atoms with E-state index in [1.54, 1.807) is 0 Å². The van der Waals surface area contributed by atoms with E-state index >= 15 is 0 Å². The average Bonchev–Trinajstić information content (AvgIpc) is 2.42. The molecule has 1 aliphatic rings. The predicted molar refractivity (Wildman–Crippen MR) is 75.9 cm³/mol. The van der Waals surface area contributed by atoms with E-state index in [2.05, 4.69) is 23.2 Å². The molecule has 0 saturated carbocycles. The summed E-state index contributed by atoms with van der Waals surface area (Å²) in [5, 5.41) is 10.5. The highest BCUT2D eigenvalue weighted by atomic mass is 16.3. The van der Waals surface area contributed by atoms with Crippen LogP contribution in [0.15, 0.2) is 42.5 Å². The molecule has 0 aliphatic heterocycles. The standard InChI is InChI=1S/C17H19NO/c1-12-5-4-7-15(18-12)11-14-10-9-13-6-2-3-8-16(13)17(14)19/h2-8,14,17,19H,9-11H2,1H3. The molecule has 1 aromatic heterocycles. The number of aliphatic hydroxyl groups excluding tert-OH is 1. The molecule has 2 aromatic rings. The van der Waals surface area contributed by atoms with Crippen LogP contribution in [-0.2, 0) is 12.8 Å². The highest BCUT2D eigenvalue weighted by Gasteiger charge is 2.27. The largest absolute Gasteiger partial charge is 0.388 e. The van der Waals surface area contributed by atoms with Crippen molar-refractivity contribution in [2.24, 2.45) is 5.92 Å². The van der Waals surface area contributed by atoms with Gasteiger partial charge in [-0.3, -0.25) is 4.98 Å².